The van der Waals surface area contributed by atoms with Crippen molar-refractivity contribution >= 4 is 58.0 Å². The Kier molecular flexibility index (Phi) is 7.17. The molecule has 2 amide bonds. The number of hydrogen-bond donors (Lipinski definition) is 1. The molecule has 6 nitrogen and oxygen atoms in total. The standard InChI is InChI=1S/C24H22Cl3N3O3/c1-2-23(31)30-11-9-29(10-12-30)20-6-4-16(14-19(20)27)28-24(32)22-8-7-21(33-22)15-3-5-17(25)18(26)13-15/h3-8,13-14H,2,9-12H2,1H3,(H,28,32). The second kappa shape index (κ2) is 10.1. The van der Waals surface area contributed by atoms with Crippen molar-refractivity contribution in [1.29, 1.82) is 0 Å². The van der Waals surface area contributed by atoms with E-state index in [9.17, 15) is 9.59 Å². The summed E-state index contributed by atoms with van der Waals surface area (Å²) in [6, 6.07) is 13.8. The number of nitrogens with zero attached hydrogens (tertiary/aromatic N) is 2. The molecule has 1 aliphatic rings. The number of carbonyl (C=O) groups is 2. The largest absolute Gasteiger partial charge is 0.451 e. The summed E-state index contributed by atoms with van der Waals surface area (Å²) in [5.41, 5.74) is 2.15. The van der Waals surface area contributed by atoms with Crippen LogP contribution >= 0.6 is 34.8 Å². The summed E-state index contributed by atoms with van der Waals surface area (Å²) in [7, 11) is 0. The molecule has 1 N–H and O–H groups in total. The Morgan fingerprint density at radius 2 is 1.67 bits per heavy atom. The quantitative estimate of drug-likeness (QED) is 0.446. The van der Waals surface area contributed by atoms with Gasteiger partial charge in [0.25, 0.3) is 5.91 Å². The summed E-state index contributed by atoms with van der Waals surface area (Å²) < 4.78 is 5.70. The van der Waals surface area contributed by atoms with Gasteiger partial charge in [0, 0.05) is 43.9 Å². The fourth-order valence-corrected chi connectivity index (χ4v) is 4.32. The molecule has 2 heterocycles. The first-order chi connectivity index (χ1) is 15.9. The summed E-state index contributed by atoms with van der Waals surface area (Å²) in [5.74, 6) is 0.441. The van der Waals surface area contributed by atoms with Crippen molar-refractivity contribution in [2.75, 3.05) is 36.4 Å². The minimum absolute atomic E-state index is 0.160. The topological polar surface area (TPSA) is 65.8 Å². The monoisotopic (exact) mass is 505 g/mol. The lowest BCUT2D eigenvalue weighted by Gasteiger charge is -2.36. The number of benzene rings is 2. The molecule has 0 radical (unpaired) electrons. The van der Waals surface area contributed by atoms with Crippen LogP contribution in [0.3, 0.4) is 0 Å². The Hall–Kier alpha value is -2.67. The summed E-state index contributed by atoms with van der Waals surface area (Å²) in [6.45, 7) is 4.62. The number of anilines is 2. The van der Waals surface area contributed by atoms with Gasteiger partial charge in [-0.05, 0) is 48.5 Å². The van der Waals surface area contributed by atoms with Crippen LogP contribution in [-0.2, 0) is 4.79 Å². The van der Waals surface area contributed by atoms with Gasteiger partial charge in [-0.2, -0.15) is 0 Å². The van der Waals surface area contributed by atoms with E-state index in [1.54, 1.807) is 42.5 Å². The van der Waals surface area contributed by atoms with Crippen LogP contribution in [-0.4, -0.2) is 42.9 Å². The molecule has 1 aliphatic heterocycles. The van der Waals surface area contributed by atoms with Gasteiger partial charge >= 0.3 is 0 Å². The highest BCUT2D eigenvalue weighted by atomic mass is 35.5. The Morgan fingerprint density at radius 1 is 0.909 bits per heavy atom. The second-order valence-electron chi connectivity index (χ2n) is 7.63. The van der Waals surface area contributed by atoms with Crippen LogP contribution < -0.4 is 10.2 Å². The van der Waals surface area contributed by atoms with Crippen molar-refractivity contribution in [3.8, 4) is 11.3 Å². The van der Waals surface area contributed by atoms with E-state index in [1.165, 1.54) is 0 Å². The highest BCUT2D eigenvalue weighted by Crippen LogP contribution is 2.31. The number of carbonyl (C=O) groups excluding carboxylic acids is 2. The van der Waals surface area contributed by atoms with Gasteiger partial charge in [0.15, 0.2) is 5.76 Å². The highest BCUT2D eigenvalue weighted by Gasteiger charge is 2.22. The summed E-state index contributed by atoms with van der Waals surface area (Å²) >= 11 is 18.5. The van der Waals surface area contributed by atoms with E-state index in [1.807, 2.05) is 17.9 Å². The SMILES string of the molecule is CCC(=O)N1CCN(c2ccc(NC(=O)c3ccc(-c4ccc(Cl)c(Cl)c4)o3)cc2Cl)CC1. The molecule has 0 unspecified atom stereocenters. The normalized spacial score (nSPS) is 13.8. The van der Waals surface area contributed by atoms with E-state index in [2.05, 4.69) is 10.2 Å². The smallest absolute Gasteiger partial charge is 0.291 e. The van der Waals surface area contributed by atoms with Gasteiger partial charge in [-0.15, -0.1) is 0 Å². The molecule has 0 aliphatic carbocycles. The average molecular weight is 507 g/mol. The van der Waals surface area contributed by atoms with Gasteiger partial charge < -0.3 is 19.5 Å². The minimum atomic E-state index is -0.392. The van der Waals surface area contributed by atoms with E-state index in [-0.39, 0.29) is 11.7 Å². The Labute approximate surface area is 207 Å². The van der Waals surface area contributed by atoms with Crippen molar-refractivity contribution in [2.45, 2.75) is 13.3 Å². The third-order valence-electron chi connectivity index (χ3n) is 5.51. The van der Waals surface area contributed by atoms with Crippen LogP contribution in [0.25, 0.3) is 11.3 Å². The predicted molar refractivity (Wildman–Crippen MR) is 133 cm³/mol. The number of rotatable bonds is 5. The van der Waals surface area contributed by atoms with Crippen molar-refractivity contribution in [2.24, 2.45) is 0 Å². The zero-order valence-electron chi connectivity index (χ0n) is 17.9. The lowest BCUT2D eigenvalue weighted by Crippen LogP contribution is -2.48. The summed E-state index contributed by atoms with van der Waals surface area (Å²) in [6.07, 6.45) is 0.514. The molecule has 4 rings (SSSR count). The molecule has 0 atom stereocenters. The van der Waals surface area contributed by atoms with Crippen LogP contribution in [0.15, 0.2) is 52.9 Å². The zero-order chi connectivity index (χ0) is 23.5. The first kappa shape index (κ1) is 23.5. The number of furan rings is 1. The summed E-state index contributed by atoms with van der Waals surface area (Å²) in [4.78, 5) is 28.5. The van der Waals surface area contributed by atoms with E-state index in [0.29, 0.717) is 59.1 Å². The van der Waals surface area contributed by atoms with Crippen molar-refractivity contribution in [3.63, 3.8) is 0 Å². The first-order valence-electron chi connectivity index (χ1n) is 10.5. The molecular formula is C24H22Cl3N3O3. The molecule has 172 valence electrons. The van der Waals surface area contributed by atoms with E-state index >= 15 is 0 Å². The van der Waals surface area contributed by atoms with Crippen molar-refractivity contribution in [1.82, 2.24) is 4.90 Å². The molecule has 1 fully saturated rings. The van der Waals surface area contributed by atoms with Gasteiger partial charge in [-0.25, -0.2) is 0 Å². The molecule has 33 heavy (non-hydrogen) atoms. The molecule has 3 aromatic rings. The first-order valence-corrected chi connectivity index (χ1v) is 11.7. The number of nitrogens with one attached hydrogen (secondary N) is 1. The molecule has 0 spiro atoms. The van der Waals surface area contributed by atoms with Gasteiger partial charge in [0.05, 0.1) is 20.8 Å². The number of hydrogen-bond acceptors (Lipinski definition) is 4. The highest BCUT2D eigenvalue weighted by molar-refractivity contribution is 6.42. The third-order valence-corrected chi connectivity index (χ3v) is 6.56. The lowest BCUT2D eigenvalue weighted by atomic mass is 10.2. The molecule has 1 saturated heterocycles. The van der Waals surface area contributed by atoms with Crippen LogP contribution in [0.1, 0.15) is 23.9 Å². The van der Waals surface area contributed by atoms with Gasteiger partial charge in [0.1, 0.15) is 5.76 Å². The van der Waals surface area contributed by atoms with Gasteiger partial charge in [0.2, 0.25) is 5.91 Å². The Bertz CT molecular complexity index is 1190. The summed E-state index contributed by atoms with van der Waals surface area (Å²) in [5, 5.41) is 4.19. The Morgan fingerprint density at radius 3 is 2.33 bits per heavy atom. The van der Waals surface area contributed by atoms with E-state index < -0.39 is 5.91 Å². The molecule has 1 aromatic heterocycles. The molecular weight excluding hydrogens is 485 g/mol. The molecule has 0 bridgehead atoms. The van der Waals surface area contributed by atoms with Crippen LogP contribution in [0.2, 0.25) is 15.1 Å². The maximum atomic E-state index is 12.7. The van der Waals surface area contributed by atoms with Gasteiger partial charge in [-0.3, -0.25) is 9.59 Å². The fraction of sp³-hybridized carbons (Fsp3) is 0.250. The zero-order valence-corrected chi connectivity index (χ0v) is 20.2. The maximum Gasteiger partial charge on any atom is 0.291 e. The third kappa shape index (κ3) is 5.29. The maximum absolute atomic E-state index is 12.7. The Balaban J connectivity index is 1.41. The fourth-order valence-electron chi connectivity index (χ4n) is 3.72. The molecule has 0 saturated carbocycles. The molecule has 2 aromatic carbocycles. The minimum Gasteiger partial charge on any atom is -0.451 e. The van der Waals surface area contributed by atoms with Crippen LogP contribution in [0.4, 0.5) is 11.4 Å². The van der Waals surface area contributed by atoms with E-state index in [4.69, 9.17) is 39.2 Å². The number of piperazine rings is 1. The number of amides is 2. The predicted octanol–water partition coefficient (Wildman–Crippen LogP) is 6.22. The van der Waals surface area contributed by atoms with Crippen LogP contribution in [0.5, 0.6) is 0 Å². The average Bonchev–Trinajstić information content (AvgIpc) is 3.31. The van der Waals surface area contributed by atoms with Crippen molar-refractivity contribution < 1.29 is 14.0 Å². The van der Waals surface area contributed by atoms with E-state index in [0.717, 1.165) is 11.3 Å². The second-order valence-corrected chi connectivity index (χ2v) is 8.86. The molecule has 9 heteroatoms. The van der Waals surface area contributed by atoms with Crippen LogP contribution in [0, 0.1) is 0 Å². The van der Waals surface area contributed by atoms with Gasteiger partial charge in [-0.1, -0.05) is 41.7 Å². The lowest BCUT2D eigenvalue weighted by molar-refractivity contribution is -0.131. The number of halogens is 3. The van der Waals surface area contributed by atoms with Crippen molar-refractivity contribution in [3.05, 3.63) is 69.4 Å².